The van der Waals surface area contributed by atoms with Gasteiger partial charge in [-0.2, -0.15) is 0 Å². The number of hydrogen-bond acceptors (Lipinski definition) is 4. The first kappa shape index (κ1) is 15.1. The summed E-state index contributed by atoms with van der Waals surface area (Å²) >= 11 is 0. The molecule has 1 rings (SSSR count). The molecule has 1 aromatic rings. The van der Waals surface area contributed by atoms with Crippen molar-refractivity contribution in [1.29, 1.82) is 0 Å². The number of hydrogen-bond donors (Lipinski definition) is 3. The minimum absolute atomic E-state index is 0.151. The molecule has 4 N–H and O–H groups in total. The fourth-order valence-corrected chi connectivity index (χ4v) is 1.60. The van der Waals surface area contributed by atoms with Gasteiger partial charge in [0.05, 0.1) is 13.2 Å². The molecule has 0 aromatic heterocycles. The molecule has 1 aromatic carbocycles. The number of amides is 2. The second-order valence-electron chi connectivity index (χ2n) is 4.11. The van der Waals surface area contributed by atoms with Crippen LogP contribution in [0.1, 0.15) is 15.9 Å². The molecule has 0 aliphatic heterocycles. The highest BCUT2D eigenvalue weighted by Crippen LogP contribution is 2.14. The molecule has 0 fully saturated rings. The van der Waals surface area contributed by atoms with Crippen molar-refractivity contribution in [3.05, 3.63) is 29.3 Å². The van der Waals surface area contributed by atoms with Gasteiger partial charge >= 0.3 is 0 Å². The molecule has 0 saturated heterocycles. The minimum Gasteiger partial charge on any atom is -0.383 e. The average Bonchev–Trinajstić information content (AvgIpc) is 2.34. The lowest BCUT2D eigenvalue weighted by molar-refractivity contribution is -0.115. The Labute approximate surface area is 112 Å². The summed E-state index contributed by atoms with van der Waals surface area (Å²) in [4.78, 5) is 22.7. The molecule has 0 aliphatic rings. The normalized spacial score (nSPS) is 10.2. The van der Waals surface area contributed by atoms with Gasteiger partial charge in [0.25, 0.3) is 0 Å². The zero-order valence-electron chi connectivity index (χ0n) is 11.2. The molecule has 0 spiro atoms. The quantitative estimate of drug-likeness (QED) is 0.617. The number of anilines is 1. The van der Waals surface area contributed by atoms with Gasteiger partial charge in [0.1, 0.15) is 0 Å². The summed E-state index contributed by atoms with van der Waals surface area (Å²) in [5.41, 5.74) is 7.04. The smallest absolute Gasteiger partial charge is 0.248 e. The molecular weight excluding hydrogens is 246 g/mol. The van der Waals surface area contributed by atoms with Crippen LogP contribution in [0.25, 0.3) is 0 Å². The van der Waals surface area contributed by atoms with E-state index in [1.165, 1.54) is 0 Å². The summed E-state index contributed by atoms with van der Waals surface area (Å²) in [6.45, 7) is 3.15. The minimum atomic E-state index is -0.475. The largest absolute Gasteiger partial charge is 0.383 e. The zero-order chi connectivity index (χ0) is 14.3. The average molecular weight is 265 g/mol. The van der Waals surface area contributed by atoms with Crippen LogP contribution in [-0.4, -0.2) is 38.6 Å². The molecule has 0 bridgehead atoms. The fraction of sp³-hybridized carbons (Fsp3) is 0.385. The van der Waals surface area contributed by atoms with E-state index in [4.69, 9.17) is 10.5 Å². The SMILES string of the molecule is COCCNCC(=O)Nc1ccc(C(N)=O)c(C)c1. The van der Waals surface area contributed by atoms with Crippen LogP contribution in [0.4, 0.5) is 5.69 Å². The van der Waals surface area contributed by atoms with Crippen molar-refractivity contribution in [3.8, 4) is 0 Å². The van der Waals surface area contributed by atoms with E-state index in [-0.39, 0.29) is 12.5 Å². The standard InChI is InChI=1S/C13H19N3O3/c1-9-7-10(3-4-11(9)13(14)18)16-12(17)8-15-5-6-19-2/h3-4,7,15H,5-6,8H2,1-2H3,(H2,14,18)(H,16,17). The van der Waals surface area contributed by atoms with Gasteiger partial charge in [0.15, 0.2) is 0 Å². The van der Waals surface area contributed by atoms with Crippen LogP contribution in [0.2, 0.25) is 0 Å². The molecule has 2 amide bonds. The van der Waals surface area contributed by atoms with Crippen LogP contribution in [0, 0.1) is 6.92 Å². The fourth-order valence-electron chi connectivity index (χ4n) is 1.60. The Morgan fingerprint density at radius 1 is 1.37 bits per heavy atom. The number of aryl methyl sites for hydroxylation is 1. The predicted molar refractivity (Wildman–Crippen MR) is 73.1 cm³/mol. The van der Waals surface area contributed by atoms with E-state index in [9.17, 15) is 9.59 Å². The Hall–Kier alpha value is -1.92. The van der Waals surface area contributed by atoms with Crippen molar-refractivity contribution < 1.29 is 14.3 Å². The van der Waals surface area contributed by atoms with Crippen molar-refractivity contribution >= 4 is 17.5 Å². The first-order valence-corrected chi connectivity index (χ1v) is 5.94. The van der Waals surface area contributed by atoms with Gasteiger partial charge in [-0.1, -0.05) is 0 Å². The number of carbonyl (C=O) groups is 2. The first-order chi connectivity index (χ1) is 9.04. The molecule has 0 heterocycles. The van der Waals surface area contributed by atoms with Crippen molar-refractivity contribution in [2.45, 2.75) is 6.92 Å². The molecule has 6 nitrogen and oxygen atoms in total. The van der Waals surface area contributed by atoms with Crippen LogP contribution in [0.15, 0.2) is 18.2 Å². The van der Waals surface area contributed by atoms with Crippen LogP contribution in [0.5, 0.6) is 0 Å². The first-order valence-electron chi connectivity index (χ1n) is 5.94. The number of primary amides is 1. The molecule has 19 heavy (non-hydrogen) atoms. The van der Waals surface area contributed by atoms with Gasteiger partial charge in [0, 0.05) is 24.9 Å². The maximum absolute atomic E-state index is 11.6. The molecule has 0 saturated carbocycles. The number of benzene rings is 1. The molecule has 104 valence electrons. The van der Waals surface area contributed by atoms with Gasteiger partial charge in [-0.3, -0.25) is 9.59 Å². The van der Waals surface area contributed by atoms with Crippen LogP contribution >= 0.6 is 0 Å². The van der Waals surface area contributed by atoms with Crippen LogP contribution < -0.4 is 16.4 Å². The topological polar surface area (TPSA) is 93.4 Å². The zero-order valence-corrected chi connectivity index (χ0v) is 11.2. The summed E-state index contributed by atoms with van der Waals surface area (Å²) in [7, 11) is 1.60. The van der Waals surface area contributed by atoms with E-state index in [1.54, 1.807) is 32.2 Å². The van der Waals surface area contributed by atoms with E-state index in [2.05, 4.69) is 10.6 Å². The Kier molecular flexibility index (Phi) is 5.98. The van der Waals surface area contributed by atoms with Gasteiger partial charge < -0.3 is 21.1 Å². The maximum Gasteiger partial charge on any atom is 0.248 e. The summed E-state index contributed by atoms with van der Waals surface area (Å²) in [5.74, 6) is -0.626. The van der Waals surface area contributed by atoms with E-state index in [1.807, 2.05) is 0 Å². The number of rotatable bonds is 7. The van der Waals surface area contributed by atoms with Crippen molar-refractivity contribution in [2.24, 2.45) is 5.73 Å². The Morgan fingerprint density at radius 3 is 2.68 bits per heavy atom. The second kappa shape index (κ2) is 7.50. The number of carbonyl (C=O) groups excluding carboxylic acids is 2. The third-order valence-electron chi connectivity index (χ3n) is 2.54. The summed E-state index contributed by atoms with van der Waals surface area (Å²) in [6, 6.07) is 4.97. The summed E-state index contributed by atoms with van der Waals surface area (Å²) in [6.07, 6.45) is 0. The van der Waals surface area contributed by atoms with Crippen molar-refractivity contribution in [2.75, 3.05) is 32.1 Å². The molecular formula is C13H19N3O3. The Morgan fingerprint density at radius 2 is 2.11 bits per heavy atom. The lowest BCUT2D eigenvalue weighted by atomic mass is 10.1. The van der Waals surface area contributed by atoms with Crippen molar-refractivity contribution in [3.63, 3.8) is 0 Å². The summed E-state index contributed by atoms with van der Waals surface area (Å²) in [5, 5.41) is 5.67. The second-order valence-corrected chi connectivity index (χ2v) is 4.11. The van der Waals surface area contributed by atoms with Gasteiger partial charge in [-0.05, 0) is 30.7 Å². The Bertz CT molecular complexity index is 460. The van der Waals surface area contributed by atoms with Gasteiger partial charge in [-0.25, -0.2) is 0 Å². The number of ether oxygens (including phenoxy) is 1. The molecule has 0 unspecified atom stereocenters. The van der Waals surface area contributed by atoms with Gasteiger partial charge in [-0.15, -0.1) is 0 Å². The number of methoxy groups -OCH3 is 1. The molecule has 6 heteroatoms. The highest BCUT2D eigenvalue weighted by atomic mass is 16.5. The van der Waals surface area contributed by atoms with E-state index in [0.717, 1.165) is 5.56 Å². The lowest BCUT2D eigenvalue weighted by Crippen LogP contribution is -2.30. The number of nitrogens with two attached hydrogens (primary N) is 1. The number of nitrogens with one attached hydrogen (secondary N) is 2. The van der Waals surface area contributed by atoms with Crippen molar-refractivity contribution in [1.82, 2.24) is 5.32 Å². The highest BCUT2D eigenvalue weighted by molar-refractivity contribution is 5.96. The van der Waals surface area contributed by atoms with Crippen LogP contribution in [0.3, 0.4) is 0 Å². The van der Waals surface area contributed by atoms with E-state index < -0.39 is 5.91 Å². The highest BCUT2D eigenvalue weighted by Gasteiger charge is 2.07. The van der Waals surface area contributed by atoms with Crippen LogP contribution in [-0.2, 0) is 9.53 Å². The predicted octanol–water partition coefficient (Wildman–Crippen LogP) is 0.268. The van der Waals surface area contributed by atoms with E-state index in [0.29, 0.717) is 24.4 Å². The molecule has 0 radical (unpaired) electrons. The third-order valence-corrected chi connectivity index (χ3v) is 2.54. The third kappa shape index (κ3) is 5.07. The summed E-state index contributed by atoms with van der Waals surface area (Å²) < 4.78 is 4.86. The van der Waals surface area contributed by atoms with Gasteiger partial charge in [0.2, 0.25) is 11.8 Å². The lowest BCUT2D eigenvalue weighted by Gasteiger charge is -2.08. The monoisotopic (exact) mass is 265 g/mol. The molecule has 0 atom stereocenters. The molecule has 0 aliphatic carbocycles. The maximum atomic E-state index is 11.6. The van der Waals surface area contributed by atoms with E-state index >= 15 is 0 Å². The Balaban J connectivity index is 2.51.